The first-order valence-electron chi connectivity index (χ1n) is 5.06. The molecule has 0 aliphatic carbocycles. The van der Waals surface area contributed by atoms with Gasteiger partial charge in [0.05, 0.1) is 6.26 Å². The second kappa shape index (κ2) is 3.79. The third-order valence-corrected chi connectivity index (χ3v) is 2.31. The van der Waals surface area contributed by atoms with E-state index in [0.29, 0.717) is 23.2 Å². The lowest BCUT2D eigenvalue weighted by Crippen LogP contribution is -1.83. The molecule has 0 saturated carbocycles. The van der Waals surface area contributed by atoms with Crippen LogP contribution in [-0.2, 0) is 0 Å². The van der Waals surface area contributed by atoms with E-state index in [4.69, 9.17) is 14.6 Å². The third kappa shape index (κ3) is 1.78. The van der Waals surface area contributed by atoms with Crippen LogP contribution in [0.15, 0.2) is 51.5 Å². The normalized spacial score (nSPS) is 10.6. The van der Waals surface area contributed by atoms with Gasteiger partial charge < -0.3 is 14.6 Å². The van der Waals surface area contributed by atoms with Crippen LogP contribution in [0.4, 0.5) is 5.69 Å². The summed E-state index contributed by atoms with van der Waals surface area (Å²) in [6.45, 7) is 0. The Hall–Kier alpha value is -2.56. The molecule has 0 radical (unpaired) electrons. The Morgan fingerprint density at radius 2 is 1.71 bits per heavy atom. The molecule has 17 heavy (non-hydrogen) atoms. The van der Waals surface area contributed by atoms with Crippen molar-refractivity contribution < 1.29 is 8.83 Å². The molecular formula is C12H9N3O2. The largest absolute Gasteiger partial charge is 0.459 e. The fourth-order valence-corrected chi connectivity index (χ4v) is 1.47. The number of aromatic nitrogens is 2. The number of nitrogen functional groups attached to an aromatic ring is 1. The number of hydrogen-bond acceptors (Lipinski definition) is 5. The van der Waals surface area contributed by atoms with Gasteiger partial charge in [0.2, 0.25) is 5.89 Å². The number of nitrogens with two attached hydrogens (primary N) is 1. The molecule has 2 N–H and O–H groups in total. The topological polar surface area (TPSA) is 78.1 Å². The van der Waals surface area contributed by atoms with Crippen LogP contribution in [0.2, 0.25) is 0 Å². The van der Waals surface area contributed by atoms with Gasteiger partial charge in [0.15, 0.2) is 5.76 Å². The van der Waals surface area contributed by atoms with Crippen LogP contribution < -0.4 is 5.73 Å². The van der Waals surface area contributed by atoms with Crippen molar-refractivity contribution in [2.75, 3.05) is 5.73 Å². The van der Waals surface area contributed by atoms with Gasteiger partial charge in [-0.15, -0.1) is 10.2 Å². The van der Waals surface area contributed by atoms with Crippen molar-refractivity contribution in [2.24, 2.45) is 0 Å². The SMILES string of the molecule is Nc1ccc(-c2nnc(-c3ccco3)o2)cc1. The molecule has 0 aliphatic heterocycles. The Labute approximate surface area is 96.9 Å². The summed E-state index contributed by atoms with van der Waals surface area (Å²) in [6.07, 6.45) is 1.56. The molecule has 0 amide bonds. The van der Waals surface area contributed by atoms with Gasteiger partial charge in [0, 0.05) is 11.3 Å². The standard InChI is InChI=1S/C12H9N3O2/c13-9-5-3-8(4-6-9)11-14-15-12(17-11)10-2-1-7-16-10/h1-7H,13H2. The van der Waals surface area contributed by atoms with E-state index in [-0.39, 0.29) is 0 Å². The molecule has 2 heterocycles. The van der Waals surface area contributed by atoms with Crippen LogP contribution in [0, 0.1) is 0 Å². The monoisotopic (exact) mass is 227 g/mol. The lowest BCUT2D eigenvalue weighted by molar-refractivity contribution is 0.523. The zero-order valence-electron chi connectivity index (χ0n) is 8.83. The van der Waals surface area contributed by atoms with E-state index in [1.54, 1.807) is 30.5 Å². The number of hydrogen-bond donors (Lipinski definition) is 1. The summed E-state index contributed by atoms with van der Waals surface area (Å²) in [5, 5.41) is 7.87. The minimum Gasteiger partial charge on any atom is -0.459 e. The molecule has 5 heteroatoms. The molecule has 0 unspecified atom stereocenters. The van der Waals surface area contributed by atoms with Crippen molar-refractivity contribution in [1.82, 2.24) is 10.2 Å². The van der Waals surface area contributed by atoms with Crippen molar-refractivity contribution in [2.45, 2.75) is 0 Å². The third-order valence-electron chi connectivity index (χ3n) is 2.31. The molecule has 1 aromatic carbocycles. The predicted octanol–water partition coefficient (Wildman–Crippen LogP) is 2.58. The Bertz CT molecular complexity index is 612. The van der Waals surface area contributed by atoms with Gasteiger partial charge in [-0.25, -0.2) is 0 Å². The second-order valence-corrected chi connectivity index (χ2v) is 3.51. The molecule has 0 fully saturated rings. The van der Waals surface area contributed by atoms with Crippen molar-refractivity contribution in [3.63, 3.8) is 0 Å². The van der Waals surface area contributed by atoms with Crippen LogP contribution in [0.25, 0.3) is 23.1 Å². The molecule has 0 spiro atoms. The highest BCUT2D eigenvalue weighted by atomic mass is 16.4. The van der Waals surface area contributed by atoms with E-state index in [1.807, 2.05) is 12.1 Å². The van der Waals surface area contributed by atoms with Crippen molar-refractivity contribution in [3.8, 4) is 23.1 Å². The highest BCUT2D eigenvalue weighted by Gasteiger charge is 2.11. The molecule has 2 aromatic heterocycles. The smallest absolute Gasteiger partial charge is 0.283 e. The van der Waals surface area contributed by atoms with Crippen molar-refractivity contribution in [1.29, 1.82) is 0 Å². The number of rotatable bonds is 2. The number of benzene rings is 1. The summed E-state index contributed by atoms with van der Waals surface area (Å²) < 4.78 is 10.7. The second-order valence-electron chi connectivity index (χ2n) is 3.51. The highest BCUT2D eigenvalue weighted by molar-refractivity contribution is 5.58. The molecule has 3 aromatic rings. The number of furan rings is 1. The first-order chi connectivity index (χ1) is 8.33. The molecular weight excluding hydrogens is 218 g/mol. The van der Waals surface area contributed by atoms with Crippen LogP contribution >= 0.6 is 0 Å². The number of anilines is 1. The highest BCUT2D eigenvalue weighted by Crippen LogP contribution is 2.24. The molecule has 3 rings (SSSR count). The van der Waals surface area contributed by atoms with Crippen LogP contribution in [-0.4, -0.2) is 10.2 Å². The summed E-state index contributed by atoms with van der Waals surface area (Å²) in [5.41, 5.74) is 7.12. The first kappa shape index (κ1) is 9.65. The molecule has 0 atom stereocenters. The zero-order chi connectivity index (χ0) is 11.7. The summed E-state index contributed by atoms with van der Waals surface area (Å²) in [4.78, 5) is 0. The first-order valence-corrected chi connectivity index (χ1v) is 5.06. The van der Waals surface area contributed by atoms with Gasteiger partial charge in [0.25, 0.3) is 5.89 Å². The van der Waals surface area contributed by atoms with E-state index < -0.39 is 0 Å². The maximum atomic E-state index is 5.61. The number of nitrogens with zero attached hydrogens (tertiary/aromatic N) is 2. The van der Waals surface area contributed by atoms with Crippen LogP contribution in [0.3, 0.4) is 0 Å². The van der Waals surface area contributed by atoms with E-state index >= 15 is 0 Å². The Morgan fingerprint density at radius 1 is 0.941 bits per heavy atom. The van der Waals surface area contributed by atoms with Gasteiger partial charge in [0.1, 0.15) is 0 Å². The van der Waals surface area contributed by atoms with Gasteiger partial charge in [-0.1, -0.05) is 0 Å². The molecule has 0 aliphatic rings. The summed E-state index contributed by atoms with van der Waals surface area (Å²) in [7, 11) is 0. The van der Waals surface area contributed by atoms with E-state index in [2.05, 4.69) is 10.2 Å². The lowest BCUT2D eigenvalue weighted by Gasteiger charge is -1.94. The fraction of sp³-hybridized carbons (Fsp3) is 0. The predicted molar refractivity (Wildman–Crippen MR) is 61.8 cm³/mol. The van der Waals surface area contributed by atoms with Gasteiger partial charge in [-0.3, -0.25) is 0 Å². The van der Waals surface area contributed by atoms with Crippen molar-refractivity contribution in [3.05, 3.63) is 42.7 Å². The Morgan fingerprint density at radius 3 is 2.41 bits per heavy atom. The molecule has 5 nitrogen and oxygen atoms in total. The molecule has 84 valence electrons. The van der Waals surface area contributed by atoms with E-state index in [0.717, 1.165) is 5.56 Å². The van der Waals surface area contributed by atoms with Gasteiger partial charge in [-0.2, -0.15) is 0 Å². The quantitative estimate of drug-likeness (QED) is 0.681. The average molecular weight is 227 g/mol. The summed E-state index contributed by atoms with van der Waals surface area (Å²) in [6, 6.07) is 10.8. The molecule has 0 bridgehead atoms. The minimum absolute atomic E-state index is 0.363. The minimum atomic E-state index is 0.363. The zero-order valence-corrected chi connectivity index (χ0v) is 8.83. The van der Waals surface area contributed by atoms with E-state index in [9.17, 15) is 0 Å². The van der Waals surface area contributed by atoms with Gasteiger partial charge >= 0.3 is 0 Å². The van der Waals surface area contributed by atoms with Crippen molar-refractivity contribution >= 4 is 5.69 Å². The summed E-state index contributed by atoms with van der Waals surface area (Å²) >= 11 is 0. The van der Waals surface area contributed by atoms with Gasteiger partial charge in [-0.05, 0) is 36.4 Å². The maximum absolute atomic E-state index is 5.61. The summed E-state index contributed by atoms with van der Waals surface area (Å²) in [5.74, 6) is 1.36. The Kier molecular flexibility index (Phi) is 2.15. The lowest BCUT2D eigenvalue weighted by atomic mass is 10.2. The molecule has 0 saturated heterocycles. The maximum Gasteiger partial charge on any atom is 0.283 e. The van der Waals surface area contributed by atoms with Crippen LogP contribution in [0.5, 0.6) is 0 Å². The van der Waals surface area contributed by atoms with Crippen LogP contribution in [0.1, 0.15) is 0 Å². The Balaban J connectivity index is 1.98. The average Bonchev–Trinajstić information content (AvgIpc) is 3.00. The fourth-order valence-electron chi connectivity index (χ4n) is 1.47. The van der Waals surface area contributed by atoms with E-state index in [1.165, 1.54) is 0 Å².